The lowest BCUT2D eigenvalue weighted by Gasteiger charge is -2.20. The maximum absolute atomic E-state index is 12.5. The minimum Gasteiger partial charge on any atom is -0.591 e. The molecule has 1 heterocycles. The number of aliphatic hydroxyl groups is 1. The number of phenolic OH excluding ortho intramolecular Hbond substituents is 1. The van der Waals surface area contributed by atoms with Gasteiger partial charge in [-0.15, -0.1) is 5.10 Å². The number of nitrogens with zero attached hydrogens (tertiary/aromatic N) is 3. The molecule has 0 saturated carbocycles. The van der Waals surface area contributed by atoms with Crippen LogP contribution in [0.15, 0.2) is 34.7 Å². The van der Waals surface area contributed by atoms with Gasteiger partial charge in [0.15, 0.2) is 5.15 Å². The Kier molecular flexibility index (Phi) is 7.05. The lowest BCUT2D eigenvalue weighted by Crippen LogP contribution is -2.27. The molecule has 146 valence electrons. The van der Waals surface area contributed by atoms with Crippen molar-refractivity contribution in [3.05, 3.63) is 46.7 Å². The van der Waals surface area contributed by atoms with E-state index in [1.165, 1.54) is 19.2 Å². The maximum Gasteiger partial charge on any atom is 0.151 e. The third kappa shape index (κ3) is 5.80. The monoisotopic (exact) mass is 411 g/mol. The molecule has 0 aliphatic heterocycles. The van der Waals surface area contributed by atoms with Crippen molar-refractivity contribution >= 4 is 28.7 Å². The fraction of sp³-hybridized carbons (Fsp3) is 0.389. The van der Waals surface area contributed by atoms with Crippen LogP contribution in [0.4, 0.5) is 0 Å². The van der Waals surface area contributed by atoms with Crippen molar-refractivity contribution in [1.82, 2.24) is 10.2 Å². The van der Waals surface area contributed by atoms with Crippen LogP contribution in [0.3, 0.4) is 0 Å². The van der Waals surface area contributed by atoms with E-state index in [1.807, 2.05) is 0 Å². The molecule has 7 nitrogen and oxygen atoms in total. The number of aliphatic hydroxyl groups excluding tert-OH is 1. The summed E-state index contributed by atoms with van der Waals surface area (Å²) in [6, 6.07) is 7.75. The molecule has 2 N–H and O–H groups in total. The van der Waals surface area contributed by atoms with Crippen molar-refractivity contribution in [2.45, 2.75) is 38.0 Å². The summed E-state index contributed by atoms with van der Waals surface area (Å²) in [5.74, 6) is 0.380. The van der Waals surface area contributed by atoms with E-state index < -0.39 is 22.2 Å². The Bertz CT molecular complexity index is 809. The highest BCUT2D eigenvalue weighted by Gasteiger charge is 2.29. The second-order valence-electron chi connectivity index (χ2n) is 6.78. The highest BCUT2D eigenvalue weighted by molar-refractivity contribution is 7.91. The Morgan fingerprint density at radius 2 is 2.00 bits per heavy atom. The fourth-order valence-electron chi connectivity index (χ4n) is 2.11. The van der Waals surface area contributed by atoms with E-state index in [1.54, 1.807) is 39.0 Å². The number of methoxy groups -OCH3 is 1. The second-order valence-corrected chi connectivity index (χ2v) is 9.08. The molecule has 0 aliphatic rings. The van der Waals surface area contributed by atoms with E-state index in [4.69, 9.17) is 16.3 Å². The third-order valence-corrected chi connectivity index (χ3v) is 5.25. The number of hydrogen-bond donors (Lipinski definition) is 2. The van der Waals surface area contributed by atoms with Gasteiger partial charge in [-0.3, -0.25) is 0 Å². The number of aromatic hydroxyl groups is 1. The molecule has 0 fully saturated rings. The van der Waals surface area contributed by atoms with Crippen LogP contribution in [0.5, 0.6) is 11.5 Å². The van der Waals surface area contributed by atoms with Gasteiger partial charge in [0.25, 0.3) is 0 Å². The van der Waals surface area contributed by atoms with Gasteiger partial charge in [-0.2, -0.15) is 5.10 Å². The van der Waals surface area contributed by atoms with Crippen LogP contribution in [0.2, 0.25) is 5.15 Å². The van der Waals surface area contributed by atoms with Crippen LogP contribution in [0, 0.1) is 0 Å². The topological polar surface area (TPSA) is 111 Å². The first-order valence-electron chi connectivity index (χ1n) is 8.16. The number of phenols is 1. The molecule has 0 amide bonds. The largest absolute Gasteiger partial charge is 0.591 e. The van der Waals surface area contributed by atoms with Crippen LogP contribution < -0.4 is 4.74 Å². The number of aromatic nitrogens is 2. The lowest BCUT2D eigenvalue weighted by atomic mass is 10.0. The van der Waals surface area contributed by atoms with E-state index in [0.717, 1.165) is 0 Å². The van der Waals surface area contributed by atoms with Crippen LogP contribution >= 0.6 is 11.6 Å². The zero-order valence-electron chi connectivity index (χ0n) is 15.5. The van der Waals surface area contributed by atoms with Gasteiger partial charge in [-0.25, -0.2) is 0 Å². The smallest absolute Gasteiger partial charge is 0.151 e. The average molecular weight is 412 g/mol. The SMILES string of the molecule is COc1ccc(/C(C[C@H](O)c2ccc(Cl)nn2)=N/[S@@+]([O-])C(C)(C)C)c(O)c1. The zero-order valence-corrected chi connectivity index (χ0v) is 17.1. The van der Waals surface area contributed by atoms with Crippen molar-refractivity contribution in [2.75, 3.05) is 7.11 Å². The van der Waals surface area contributed by atoms with Gasteiger partial charge in [0.05, 0.1) is 12.8 Å². The molecule has 0 unspecified atom stereocenters. The summed E-state index contributed by atoms with van der Waals surface area (Å²) in [6.45, 7) is 5.37. The molecule has 2 aromatic rings. The number of benzene rings is 1. The summed E-state index contributed by atoms with van der Waals surface area (Å²) < 4.78 is 21.3. The van der Waals surface area contributed by atoms with E-state index in [0.29, 0.717) is 17.0 Å². The van der Waals surface area contributed by atoms with Crippen molar-refractivity contribution in [3.8, 4) is 11.5 Å². The van der Waals surface area contributed by atoms with Crippen LogP contribution in [0.25, 0.3) is 0 Å². The van der Waals surface area contributed by atoms with E-state index in [-0.39, 0.29) is 23.0 Å². The van der Waals surface area contributed by atoms with E-state index in [2.05, 4.69) is 14.6 Å². The molecule has 0 radical (unpaired) electrons. The molecule has 9 heteroatoms. The summed E-state index contributed by atoms with van der Waals surface area (Å²) in [6.07, 6.45) is -1.08. The van der Waals surface area contributed by atoms with Gasteiger partial charge < -0.3 is 19.5 Å². The summed E-state index contributed by atoms with van der Waals surface area (Å²) in [5, 5.41) is 28.6. The van der Waals surface area contributed by atoms with Crippen molar-refractivity contribution in [2.24, 2.45) is 4.40 Å². The minimum absolute atomic E-state index is 0.0159. The molecule has 2 rings (SSSR count). The number of hydrogen-bond acceptors (Lipinski definition) is 7. The van der Waals surface area contributed by atoms with Crippen LogP contribution in [0.1, 0.15) is 44.6 Å². The van der Waals surface area contributed by atoms with Crippen molar-refractivity contribution in [3.63, 3.8) is 0 Å². The Morgan fingerprint density at radius 3 is 2.52 bits per heavy atom. The van der Waals surface area contributed by atoms with Gasteiger partial charge in [0.2, 0.25) is 0 Å². The van der Waals surface area contributed by atoms with Gasteiger partial charge in [-0.1, -0.05) is 16.0 Å². The summed E-state index contributed by atoms with van der Waals surface area (Å²) >= 11 is 4.14. The van der Waals surface area contributed by atoms with Crippen molar-refractivity contribution < 1.29 is 19.5 Å². The molecule has 27 heavy (non-hydrogen) atoms. The maximum atomic E-state index is 12.5. The molecule has 0 bridgehead atoms. The predicted octanol–water partition coefficient (Wildman–Crippen LogP) is 3.22. The van der Waals surface area contributed by atoms with Gasteiger partial charge in [0.1, 0.15) is 39.4 Å². The Balaban J connectivity index is 2.41. The number of ether oxygens (including phenoxy) is 1. The first-order valence-corrected chi connectivity index (χ1v) is 9.64. The van der Waals surface area contributed by atoms with E-state index >= 15 is 0 Å². The molecular weight excluding hydrogens is 390 g/mol. The fourth-order valence-corrected chi connectivity index (χ4v) is 2.86. The molecule has 0 spiro atoms. The summed E-state index contributed by atoms with van der Waals surface area (Å²) in [4.78, 5) is 0. The predicted molar refractivity (Wildman–Crippen MR) is 106 cm³/mol. The highest BCUT2D eigenvalue weighted by atomic mass is 35.5. The molecular formula is C18H22ClN3O4S. The molecule has 1 aromatic heterocycles. The van der Waals surface area contributed by atoms with Crippen molar-refractivity contribution in [1.29, 1.82) is 0 Å². The quantitative estimate of drug-likeness (QED) is 0.557. The first-order chi connectivity index (χ1) is 12.6. The number of rotatable bonds is 6. The lowest BCUT2D eigenvalue weighted by molar-refractivity contribution is 0.180. The third-order valence-electron chi connectivity index (χ3n) is 3.61. The van der Waals surface area contributed by atoms with Gasteiger partial charge in [-0.05, 0) is 45.0 Å². The van der Waals surface area contributed by atoms with E-state index in [9.17, 15) is 14.8 Å². The average Bonchev–Trinajstić information content (AvgIpc) is 2.60. The molecule has 1 aromatic carbocycles. The zero-order chi connectivity index (χ0) is 20.2. The normalized spacial score (nSPS) is 14.7. The van der Waals surface area contributed by atoms with Crippen LogP contribution in [-0.4, -0.2) is 42.5 Å². The molecule has 0 saturated heterocycles. The Hall–Kier alpha value is -1.87. The van der Waals surface area contributed by atoms with Gasteiger partial charge in [0, 0.05) is 18.1 Å². The van der Waals surface area contributed by atoms with Gasteiger partial charge >= 0.3 is 0 Å². The second kappa shape index (κ2) is 8.88. The number of halogens is 1. The highest BCUT2D eigenvalue weighted by Crippen LogP contribution is 2.29. The molecule has 0 aliphatic carbocycles. The molecule has 2 atom stereocenters. The summed E-state index contributed by atoms with van der Waals surface area (Å²) in [5.41, 5.74) is 0.934. The standard InChI is InChI=1S/C18H22ClN3O4S/c1-18(2,3)27(25)22-14(12-6-5-11(26-4)9-15(12)23)10-16(24)13-7-8-17(19)21-20-13/h5-9,16,23-24H,10H2,1-4H3/b22-14+/t16-,27-/m0/s1. The first kappa shape index (κ1) is 21.4. The minimum atomic E-state index is -1.58. The Morgan fingerprint density at radius 1 is 1.30 bits per heavy atom. The summed E-state index contributed by atoms with van der Waals surface area (Å²) in [7, 11) is 1.49. The van der Waals surface area contributed by atoms with Crippen LogP contribution in [-0.2, 0) is 11.4 Å². The Labute approximate surface area is 166 Å².